The summed E-state index contributed by atoms with van der Waals surface area (Å²) in [7, 11) is 1.73. The zero-order valence-corrected chi connectivity index (χ0v) is 11.3. The number of alkyl halides is 3. The first-order chi connectivity index (χ1) is 6.72. The molecule has 0 aromatic rings. The molecule has 1 atom stereocenters. The van der Waals surface area contributed by atoms with E-state index in [1.54, 1.807) is 7.11 Å². The summed E-state index contributed by atoms with van der Waals surface area (Å²) in [6, 6.07) is 0. The van der Waals surface area contributed by atoms with Gasteiger partial charge < -0.3 is 4.74 Å². The molecule has 14 heavy (non-hydrogen) atoms. The van der Waals surface area contributed by atoms with E-state index in [-0.39, 0.29) is 5.34 Å². The molecular formula is C10H21Cl3O. The van der Waals surface area contributed by atoms with E-state index in [1.807, 2.05) is 0 Å². The highest BCUT2D eigenvalue weighted by atomic mass is 35.5. The quantitative estimate of drug-likeness (QED) is 0.480. The van der Waals surface area contributed by atoms with E-state index < -0.39 is 0 Å². The molecule has 0 rings (SSSR count). The number of methoxy groups -OCH3 is 1. The standard InChI is InChI=1S/C9H19ClO.CH2Cl2/c1-3-4-6-9(10)7-5-8-11-2;2-1-3/h9H,3-8H2,1-2H3;1H2. The molecule has 1 nitrogen and oxygen atoms in total. The Hall–Kier alpha value is 0.830. The Morgan fingerprint density at radius 2 is 1.64 bits per heavy atom. The lowest BCUT2D eigenvalue weighted by molar-refractivity contribution is 0.192. The molecule has 88 valence electrons. The fraction of sp³-hybridized carbons (Fsp3) is 1.00. The Labute approximate surface area is 103 Å². The van der Waals surface area contributed by atoms with Gasteiger partial charge in [-0.3, -0.25) is 0 Å². The Morgan fingerprint density at radius 3 is 2.07 bits per heavy atom. The van der Waals surface area contributed by atoms with Crippen LogP contribution < -0.4 is 0 Å². The first kappa shape index (κ1) is 17.2. The van der Waals surface area contributed by atoms with Crippen LogP contribution in [-0.4, -0.2) is 24.4 Å². The van der Waals surface area contributed by atoms with Gasteiger partial charge in [-0.05, 0) is 19.3 Å². The fourth-order valence-electron chi connectivity index (χ4n) is 1.02. The van der Waals surface area contributed by atoms with Gasteiger partial charge in [-0.25, -0.2) is 0 Å². The minimum Gasteiger partial charge on any atom is -0.385 e. The zero-order chi connectivity index (χ0) is 11.2. The van der Waals surface area contributed by atoms with E-state index in [0.29, 0.717) is 5.38 Å². The van der Waals surface area contributed by atoms with Gasteiger partial charge >= 0.3 is 0 Å². The lowest BCUT2D eigenvalue weighted by Gasteiger charge is -2.06. The number of halogens is 3. The van der Waals surface area contributed by atoms with Gasteiger partial charge in [-0.1, -0.05) is 19.8 Å². The first-order valence-corrected chi connectivity index (χ1v) is 6.48. The molecule has 0 amide bonds. The Bertz CT molecular complexity index is 91.4. The normalized spacial score (nSPS) is 11.8. The third-order valence-corrected chi connectivity index (χ3v) is 2.17. The van der Waals surface area contributed by atoms with E-state index in [4.69, 9.17) is 39.5 Å². The molecule has 4 heteroatoms. The van der Waals surface area contributed by atoms with E-state index >= 15 is 0 Å². The lowest BCUT2D eigenvalue weighted by Crippen LogP contribution is -2.00. The van der Waals surface area contributed by atoms with E-state index in [1.165, 1.54) is 12.8 Å². The first-order valence-electron chi connectivity index (χ1n) is 4.97. The average Bonchev–Trinajstić information content (AvgIpc) is 2.16. The molecule has 0 aromatic heterocycles. The summed E-state index contributed by atoms with van der Waals surface area (Å²) in [6.07, 6.45) is 5.83. The molecule has 0 fully saturated rings. The Balaban J connectivity index is 0. The number of unbranched alkanes of at least 4 members (excludes halogenated alkanes) is 1. The molecule has 1 unspecified atom stereocenters. The van der Waals surface area contributed by atoms with Crippen molar-refractivity contribution in [3.8, 4) is 0 Å². The van der Waals surface area contributed by atoms with Crippen molar-refractivity contribution in [2.75, 3.05) is 19.1 Å². The highest BCUT2D eigenvalue weighted by molar-refractivity contribution is 6.40. The van der Waals surface area contributed by atoms with Crippen molar-refractivity contribution < 1.29 is 4.74 Å². The molecule has 0 aliphatic carbocycles. The summed E-state index contributed by atoms with van der Waals surface area (Å²) in [4.78, 5) is 0. The molecular weight excluding hydrogens is 242 g/mol. The maximum atomic E-state index is 6.04. The van der Waals surface area contributed by atoms with Crippen molar-refractivity contribution in [2.24, 2.45) is 0 Å². The fourth-order valence-corrected chi connectivity index (χ4v) is 1.33. The Kier molecular flexibility index (Phi) is 20.0. The highest BCUT2D eigenvalue weighted by Crippen LogP contribution is 2.12. The molecule has 0 aromatic carbocycles. The second kappa shape index (κ2) is 16.3. The average molecular weight is 264 g/mol. The number of hydrogen-bond acceptors (Lipinski definition) is 1. The van der Waals surface area contributed by atoms with Crippen molar-refractivity contribution >= 4 is 34.8 Å². The van der Waals surface area contributed by atoms with Crippen LogP contribution in [0, 0.1) is 0 Å². The van der Waals surface area contributed by atoms with Crippen LogP contribution in [0.25, 0.3) is 0 Å². The SMILES string of the molecule is CCCCC(Cl)CCCOC.ClCCl. The summed E-state index contributed by atoms with van der Waals surface area (Å²) in [5.74, 6) is 0. The van der Waals surface area contributed by atoms with Crippen molar-refractivity contribution in [3.05, 3.63) is 0 Å². The van der Waals surface area contributed by atoms with Gasteiger partial charge in [0.2, 0.25) is 0 Å². The largest absolute Gasteiger partial charge is 0.385 e. The second-order valence-corrected chi connectivity index (χ2v) is 4.40. The van der Waals surface area contributed by atoms with Crippen LogP contribution in [0.5, 0.6) is 0 Å². The van der Waals surface area contributed by atoms with Crippen LogP contribution in [0.2, 0.25) is 0 Å². The van der Waals surface area contributed by atoms with Crippen molar-refractivity contribution in [1.82, 2.24) is 0 Å². The topological polar surface area (TPSA) is 9.23 Å². The minimum atomic E-state index is 0.194. The maximum Gasteiger partial charge on any atom is 0.0967 e. The smallest absolute Gasteiger partial charge is 0.0967 e. The third-order valence-electron chi connectivity index (χ3n) is 1.74. The van der Waals surface area contributed by atoms with E-state index in [2.05, 4.69) is 6.92 Å². The number of ether oxygens (including phenoxy) is 1. The molecule has 0 saturated heterocycles. The summed E-state index contributed by atoms with van der Waals surface area (Å²) in [5, 5.41) is 0.560. The summed E-state index contributed by atoms with van der Waals surface area (Å²) < 4.78 is 4.94. The van der Waals surface area contributed by atoms with Crippen LogP contribution in [0.15, 0.2) is 0 Å². The van der Waals surface area contributed by atoms with Crippen LogP contribution in [-0.2, 0) is 4.74 Å². The molecule has 0 N–H and O–H groups in total. The van der Waals surface area contributed by atoms with E-state index in [0.717, 1.165) is 25.9 Å². The van der Waals surface area contributed by atoms with E-state index in [9.17, 15) is 0 Å². The maximum absolute atomic E-state index is 6.04. The highest BCUT2D eigenvalue weighted by Gasteiger charge is 2.02. The predicted octanol–water partition coefficient (Wildman–Crippen LogP) is 4.63. The molecule has 0 aliphatic heterocycles. The minimum absolute atomic E-state index is 0.194. The van der Waals surface area contributed by atoms with Crippen molar-refractivity contribution in [3.63, 3.8) is 0 Å². The van der Waals surface area contributed by atoms with Gasteiger partial charge in [0.1, 0.15) is 0 Å². The van der Waals surface area contributed by atoms with Crippen molar-refractivity contribution in [1.29, 1.82) is 0 Å². The van der Waals surface area contributed by atoms with Crippen LogP contribution >= 0.6 is 34.8 Å². The molecule has 0 heterocycles. The van der Waals surface area contributed by atoms with Crippen molar-refractivity contribution in [2.45, 2.75) is 44.4 Å². The van der Waals surface area contributed by atoms with Gasteiger partial charge in [0.15, 0.2) is 0 Å². The van der Waals surface area contributed by atoms with Gasteiger partial charge in [0.25, 0.3) is 0 Å². The molecule has 0 radical (unpaired) electrons. The molecule has 0 bridgehead atoms. The Morgan fingerprint density at radius 1 is 1.14 bits per heavy atom. The number of hydrogen-bond donors (Lipinski definition) is 0. The monoisotopic (exact) mass is 262 g/mol. The molecule has 0 saturated carbocycles. The lowest BCUT2D eigenvalue weighted by atomic mass is 10.1. The zero-order valence-electron chi connectivity index (χ0n) is 9.07. The van der Waals surface area contributed by atoms with Gasteiger partial charge in [-0.2, -0.15) is 0 Å². The molecule has 0 aliphatic rings. The number of rotatable bonds is 7. The summed E-state index contributed by atoms with van der Waals surface area (Å²) in [5.41, 5.74) is 0. The summed E-state index contributed by atoms with van der Waals surface area (Å²) in [6.45, 7) is 3.04. The third kappa shape index (κ3) is 18.6. The molecule has 0 spiro atoms. The van der Waals surface area contributed by atoms with Gasteiger partial charge in [0.05, 0.1) is 5.34 Å². The van der Waals surface area contributed by atoms with Gasteiger partial charge in [-0.15, -0.1) is 34.8 Å². The van der Waals surface area contributed by atoms with Crippen LogP contribution in [0.1, 0.15) is 39.0 Å². The van der Waals surface area contributed by atoms with Gasteiger partial charge in [0, 0.05) is 19.1 Å². The predicted molar refractivity (Wildman–Crippen MR) is 66.8 cm³/mol. The van der Waals surface area contributed by atoms with Crippen LogP contribution in [0.3, 0.4) is 0 Å². The second-order valence-electron chi connectivity index (χ2n) is 2.98. The summed E-state index contributed by atoms with van der Waals surface area (Å²) >= 11 is 15.6. The van der Waals surface area contributed by atoms with Crippen LogP contribution in [0.4, 0.5) is 0 Å².